The zero-order valence-corrected chi connectivity index (χ0v) is 17.0. The Labute approximate surface area is 158 Å². The molecular weight excluding hydrogens is 366 g/mol. The minimum Gasteiger partial charge on any atom is -0.263 e. The monoisotopic (exact) mass is 389 g/mol. The van der Waals surface area contributed by atoms with Crippen molar-refractivity contribution in [1.82, 2.24) is 14.5 Å². The quantitative estimate of drug-likeness (QED) is 0.698. The van der Waals surface area contributed by atoms with Crippen LogP contribution >= 0.6 is 11.3 Å². The second-order valence-corrected chi connectivity index (χ2v) is 9.14. The molecule has 1 aromatic carbocycles. The Hall–Kier alpha value is -1.96. The summed E-state index contributed by atoms with van der Waals surface area (Å²) < 4.78 is 30.8. The molecule has 0 aliphatic rings. The van der Waals surface area contributed by atoms with Gasteiger partial charge in [-0.2, -0.15) is 5.10 Å². The molecule has 0 saturated carbocycles. The fourth-order valence-electron chi connectivity index (χ4n) is 3.11. The largest absolute Gasteiger partial charge is 0.263 e. The lowest BCUT2D eigenvalue weighted by Crippen LogP contribution is -2.32. The Kier molecular flexibility index (Phi) is 5.32. The van der Waals surface area contributed by atoms with Crippen LogP contribution in [0.15, 0.2) is 46.9 Å². The molecule has 138 valence electrons. The van der Waals surface area contributed by atoms with Crippen LogP contribution in [0.2, 0.25) is 0 Å². The third-order valence-corrected chi connectivity index (χ3v) is 7.42. The molecule has 3 rings (SSSR count). The normalized spacial score (nSPS) is 13.1. The first kappa shape index (κ1) is 18.8. The van der Waals surface area contributed by atoms with Crippen LogP contribution < -0.4 is 4.72 Å². The van der Waals surface area contributed by atoms with Crippen molar-refractivity contribution in [3.05, 3.63) is 69.2 Å². The number of aryl methyl sites for hydroxylation is 2. The van der Waals surface area contributed by atoms with Crippen LogP contribution in [0.25, 0.3) is 0 Å². The molecule has 7 heteroatoms. The average molecular weight is 390 g/mol. The molecule has 0 saturated heterocycles. The molecule has 1 atom stereocenters. The van der Waals surface area contributed by atoms with Crippen molar-refractivity contribution in [1.29, 1.82) is 0 Å². The summed E-state index contributed by atoms with van der Waals surface area (Å²) in [6.45, 7) is 7.86. The molecule has 0 fully saturated rings. The second-order valence-electron chi connectivity index (χ2n) is 6.46. The van der Waals surface area contributed by atoms with E-state index >= 15 is 0 Å². The molecule has 0 aliphatic heterocycles. The highest BCUT2D eigenvalue weighted by Gasteiger charge is 2.24. The van der Waals surface area contributed by atoms with Gasteiger partial charge in [-0.3, -0.25) is 4.68 Å². The topological polar surface area (TPSA) is 64.0 Å². The van der Waals surface area contributed by atoms with Crippen molar-refractivity contribution in [3.8, 4) is 0 Å². The highest BCUT2D eigenvalue weighted by molar-refractivity contribution is 7.89. The first-order valence-electron chi connectivity index (χ1n) is 8.41. The SMILES string of the molecule is Cc1cc(C)c(C)c(S(=O)(=O)NCC(c2cccs2)n2cccn2)c1C. The van der Waals surface area contributed by atoms with Gasteiger partial charge in [-0.1, -0.05) is 12.1 Å². The van der Waals surface area contributed by atoms with E-state index in [1.54, 1.807) is 22.2 Å². The predicted molar refractivity (Wildman–Crippen MR) is 105 cm³/mol. The minimum atomic E-state index is -3.63. The van der Waals surface area contributed by atoms with Crippen molar-refractivity contribution >= 4 is 21.4 Å². The molecule has 0 spiro atoms. The molecule has 0 amide bonds. The van der Waals surface area contributed by atoms with Gasteiger partial charge in [-0.15, -0.1) is 11.3 Å². The summed E-state index contributed by atoms with van der Waals surface area (Å²) in [4.78, 5) is 1.45. The van der Waals surface area contributed by atoms with E-state index in [-0.39, 0.29) is 12.6 Å². The van der Waals surface area contributed by atoms with Gasteiger partial charge in [0.05, 0.1) is 10.9 Å². The standard InChI is InChI=1S/C19H23N3O2S2/c1-13-11-14(2)16(4)19(15(13)3)26(23,24)21-12-17(18-7-5-10-25-18)22-9-6-8-20-22/h5-11,17,21H,12H2,1-4H3. The maximum Gasteiger partial charge on any atom is 0.241 e. The summed E-state index contributed by atoms with van der Waals surface area (Å²) in [6, 6.07) is 7.66. The van der Waals surface area contributed by atoms with Crippen molar-refractivity contribution in [2.75, 3.05) is 6.54 Å². The Morgan fingerprint density at radius 3 is 2.38 bits per heavy atom. The summed E-state index contributed by atoms with van der Waals surface area (Å²) in [5.41, 5.74) is 3.56. The first-order valence-corrected chi connectivity index (χ1v) is 10.8. The molecule has 2 aromatic heterocycles. The lowest BCUT2D eigenvalue weighted by Gasteiger charge is -2.20. The van der Waals surface area contributed by atoms with E-state index < -0.39 is 10.0 Å². The number of hydrogen-bond acceptors (Lipinski definition) is 4. The third-order valence-electron chi connectivity index (χ3n) is 4.75. The molecule has 0 aliphatic carbocycles. The van der Waals surface area contributed by atoms with Crippen molar-refractivity contribution in [2.45, 2.75) is 38.6 Å². The number of rotatable bonds is 6. The molecule has 1 N–H and O–H groups in total. The fourth-order valence-corrected chi connectivity index (χ4v) is 5.58. The van der Waals surface area contributed by atoms with Gasteiger partial charge >= 0.3 is 0 Å². The van der Waals surface area contributed by atoms with Gasteiger partial charge in [-0.25, -0.2) is 13.1 Å². The summed E-state index contributed by atoms with van der Waals surface area (Å²) in [6.07, 6.45) is 3.55. The smallest absolute Gasteiger partial charge is 0.241 e. The van der Waals surface area contributed by atoms with Crippen LogP contribution in [0.5, 0.6) is 0 Å². The van der Waals surface area contributed by atoms with E-state index in [1.807, 2.05) is 63.5 Å². The van der Waals surface area contributed by atoms with Gasteiger partial charge < -0.3 is 0 Å². The minimum absolute atomic E-state index is 0.175. The molecular formula is C19H23N3O2S2. The Bertz CT molecular complexity index is 932. The predicted octanol–water partition coefficient (Wildman–Crippen LogP) is 3.75. The number of sulfonamides is 1. The van der Waals surface area contributed by atoms with E-state index in [0.717, 1.165) is 27.1 Å². The lowest BCUT2D eigenvalue weighted by atomic mass is 10.0. The van der Waals surface area contributed by atoms with E-state index in [9.17, 15) is 8.42 Å². The molecule has 3 aromatic rings. The zero-order chi connectivity index (χ0) is 18.9. The Balaban J connectivity index is 1.93. The first-order chi connectivity index (χ1) is 12.3. The molecule has 0 bridgehead atoms. The van der Waals surface area contributed by atoms with Crippen LogP contribution in [0.3, 0.4) is 0 Å². The van der Waals surface area contributed by atoms with Crippen LogP contribution in [0.4, 0.5) is 0 Å². The van der Waals surface area contributed by atoms with Crippen molar-refractivity contribution < 1.29 is 8.42 Å². The Morgan fingerprint density at radius 1 is 1.15 bits per heavy atom. The third kappa shape index (κ3) is 3.60. The summed E-state index contributed by atoms with van der Waals surface area (Å²) in [5, 5.41) is 6.28. The van der Waals surface area contributed by atoms with Gasteiger partial charge in [0.25, 0.3) is 0 Å². The zero-order valence-electron chi connectivity index (χ0n) is 15.4. The molecule has 5 nitrogen and oxygen atoms in total. The number of aromatic nitrogens is 2. The number of thiophene rings is 1. The van der Waals surface area contributed by atoms with Gasteiger partial charge in [0, 0.05) is 23.8 Å². The van der Waals surface area contributed by atoms with E-state index in [2.05, 4.69) is 9.82 Å². The maximum atomic E-state index is 13.1. The summed E-state index contributed by atoms with van der Waals surface area (Å²) in [5.74, 6) is 0. The van der Waals surface area contributed by atoms with Crippen molar-refractivity contribution in [3.63, 3.8) is 0 Å². The van der Waals surface area contributed by atoms with Gasteiger partial charge in [0.1, 0.15) is 0 Å². The maximum absolute atomic E-state index is 13.1. The lowest BCUT2D eigenvalue weighted by molar-refractivity contribution is 0.511. The molecule has 1 unspecified atom stereocenters. The fraction of sp³-hybridized carbons (Fsp3) is 0.316. The van der Waals surface area contributed by atoms with Gasteiger partial charge in [0.2, 0.25) is 10.0 Å². The van der Waals surface area contributed by atoms with Gasteiger partial charge in [0.15, 0.2) is 0 Å². The van der Waals surface area contributed by atoms with Gasteiger partial charge in [-0.05, 0) is 67.5 Å². The van der Waals surface area contributed by atoms with E-state index in [4.69, 9.17) is 0 Å². The van der Waals surface area contributed by atoms with Crippen LogP contribution in [0.1, 0.15) is 33.2 Å². The van der Waals surface area contributed by atoms with E-state index in [0.29, 0.717) is 4.90 Å². The summed E-state index contributed by atoms with van der Waals surface area (Å²) >= 11 is 1.59. The van der Waals surface area contributed by atoms with E-state index in [1.165, 1.54) is 0 Å². The van der Waals surface area contributed by atoms with Crippen molar-refractivity contribution in [2.24, 2.45) is 0 Å². The summed E-state index contributed by atoms with van der Waals surface area (Å²) in [7, 11) is -3.63. The number of nitrogens with one attached hydrogen (secondary N) is 1. The van der Waals surface area contributed by atoms with Crippen LogP contribution in [-0.2, 0) is 10.0 Å². The Morgan fingerprint density at radius 2 is 1.85 bits per heavy atom. The molecule has 2 heterocycles. The second kappa shape index (κ2) is 7.34. The number of benzene rings is 1. The molecule has 0 radical (unpaired) electrons. The molecule has 26 heavy (non-hydrogen) atoms. The van der Waals surface area contributed by atoms with Crippen LogP contribution in [-0.4, -0.2) is 24.7 Å². The number of hydrogen-bond donors (Lipinski definition) is 1. The highest BCUT2D eigenvalue weighted by Crippen LogP contribution is 2.27. The highest BCUT2D eigenvalue weighted by atomic mass is 32.2. The van der Waals surface area contributed by atoms with Crippen LogP contribution in [0, 0.1) is 27.7 Å². The average Bonchev–Trinajstić information content (AvgIpc) is 3.27. The number of nitrogens with zero attached hydrogens (tertiary/aromatic N) is 2.